The number of amides is 3. The summed E-state index contributed by atoms with van der Waals surface area (Å²) in [6, 6.07) is 3.16. The lowest BCUT2D eigenvalue weighted by Crippen LogP contribution is -2.42. The molecule has 3 amide bonds. The summed E-state index contributed by atoms with van der Waals surface area (Å²) in [7, 11) is 0. The Morgan fingerprint density at radius 3 is 2.42 bits per heavy atom. The van der Waals surface area contributed by atoms with Crippen molar-refractivity contribution in [1.82, 2.24) is 19.9 Å². The predicted molar refractivity (Wildman–Crippen MR) is 115 cm³/mol. The first-order valence-electron chi connectivity index (χ1n) is 9.99. The Morgan fingerprint density at radius 1 is 1.13 bits per heavy atom. The van der Waals surface area contributed by atoms with Gasteiger partial charge in [-0.2, -0.15) is 0 Å². The van der Waals surface area contributed by atoms with Gasteiger partial charge in [0.05, 0.1) is 18.1 Å². The van der Waals surface area contributed by atoms with Crippen molar-refractivity contribution in [1.29, 1.82) is 0 Å². The van der Waals surface area contributed by atoms with Gasteiger partial charge in [-0.05, 0) is 31.9 Å². The van der Waals surface area contributed by atoms with Crippen molar-refractivity contribution in [3.05, 3.63) is 35.9 Å². The summed E-state index contributed by atoms with van der Waals surface area (Å²) in [5, 5.41) is 6.10. The van der Waals surface area contributed by atoms with Crippen LogP contribution in [0.15, 0.2) is 24.5 Å². The minimum Gasteiger partial charge on any atom is -0.369 e. The van der Waals surface area contributed by atoms with Crippen molar-refractivity contribution in [2.24, 2.45) is 17.4 Å². The first-order chi connectivity index (χ1) is 14.7. The maximum Gasteiger partial charge on any atom is 0.272 e. The highest BCUT2D eigenvalue weighted by molar-refractivity contribution is 5.96. The van der Waals surface area contributed by atoms with Gasteiger partial charge in [0.15, 0.2) is 11.5 Å². The number of pyridine rings is 1. The molecule has 164 valence electrons. The number of hydrogen-bond donors (Lipinski definition) is 4. The summed E-state index contributed by atoms with van der Waals surface area (Å²) in [5.74, 6) is -0.989. The lowest BCUT2D eigenvalue weighted by molar-refractivity contribution is -0.121. The van der Waals surface area contributed by atoms with E-state index in [0.29, 0.717) is 23.6 Å². The third-order valence-electron chi connectivity index (χ3n) is 4.98. The molecule has 1 aliphatic rings. The average Bonchev–Trinajstić information content (AvgIpc) is 2.67. The van der Waals surface area contributed by atoms with Crippen molar-refractivity contribution in [2.45, 2.75) is 32.7 Å². The van der Waals surface area contributed by atoms with Gasteiger partial charge in [0.1, 0.15) is 11.5 Å². The van der Waals surface area contributed by atoms with Crippen LogP contribution >= 0.6 is 0 Å². The number of carbonyl (C=O) groups excluding carboxylic acids is 3. The van der Waals surface area contributed by atoms with Crippen molar-refractivity contribution < 1.29 is 14.4 Å². The zero-order chi connectivity index (χ0) is 22.5. The highest BCUT2D eigenvalue weighted by Crippen LogP contribution is 2.21. The van der Waals surface area contributed by atoms with Gasteiger partial charge < -0.3 is 27.0 Å². The van der Waals surface area contributed by atoms with Gasteiger partial charge >= 0.3 is 0 Å². The molecule has 0 saturated carbocycles. The van der Waals surface area contributed by atoms with Gasteiger partial charge in [-0.25, -0.2) is 15.0 Å². The van der Waals surface area contributed by atoms with Crippen molar-refractivity contribution in [3.63, 3.8) is 0 Å². The van der Waals surface area contributed by atoms with Gasteiger partial charge in [-0.1, -0.05) is 6.92 Å². The molecule has 2 atom stereocenters. The number of nitrogens with two attached hydrogens (primary N) is 2. The summed E-state index contributed by atoms with van der Waals surface area (Å²) in [6.45, 7) is 5.12. The van der Waals surface area contributed by atoms with Crippen LogP contribution in [0.2, 0.25) is 0 Å². The molecule has 3 rings (SSSR count). The van der Waals surface area contributed by atoms with Gasteiger partial charge in [0.2, 0.25) is 5.91 Å². The smallest absolute Gasteiger partial charge is 0.272 e. The highest BCUT2D eigenvalue weighted by Gasteiger charge is 2.22. The molecule has 2 aromatic rings. The lowest BCUT2D eigenvalue weighted by Gasteiger charge is -2.30. The Morgan fingerprint density at radius 2 is 1.87 bits per heavy atom. The highest BCUT2D eigenvalue weighted by atomic mass is 16.2. The van der Waals surface area contributed by atoms with Crippen LogP contribution in [0.25, 0.3) is 0 Å². The molecule has 3 heterocycles. The Hall–Kier alpha value is -3.76. The minimum atomic E-state index is -0.741. The van der Waals surface area contributed by atoms with Crippen LogP contribution in [0, 0.1) is 5.92 Å². The molecule has 2 aromatic heterocycles. The van der Waals surface area contributed by atoms with Crippen LogP contribution in [-0.4, -0.2) is 56.7 Å². The fourth-order valence-corrected chi connectivity index (χ4v) is 3.10. The monoisotopic (exact) mass is 426 g/mol. The Bertz CT molecular complexity index is 975. The molecule has 31 heavy (non-hydrogen) atoms. The largest absolute Gasteiger partial charge is 0.369 e. The van der Waals surface area contributed by atoms with Crippen molar-refractivity contribution in [3.8, 4) is 0 Å². The Labute approximate surface area is 179 Å². The maximum atomic E-state index is 12.2. The predicted octanol–water partition coefficient (Wildman–Crippen LogP) is 0.872. The molecule has 1 aliphatic heterocycles. The van der Waals surface area contributed by atoms with Crippen LogP contribution in [0.4, 0.5) is 17.3 Å². The SMILES string of the molecule is CC(CC(C)C(N)=O)Nc1cnc(C(N)=O)c(Nc2ccc(C(=O)N3CCC3)nc2)n1. The number of nitrogens with zero attached hydrogens (tertiary/aromatic N) is 4. The van der Waals surface area contributed by atoms with E-state index >= 15 is 0 Å². The van der Waals surface area contributed by atoms with Crippen LogP contribution < -0.4 is 22.1 Å². The van der Waals surface area contributed by atoms with Gasteiger partial charge in [0.25, 0.3) is 11.8 Å². The molecular formula is C20H26N8O3. The van der Waals surface area contributed by atoms with Gasteiger partial charge in [0, 0.05) is 25.0 Å². The lowest BCUT2D eigenvalue weighted by atomic mass is 10.0. The molecule has 6 N–H and O–H groups in total. The average molecular weight is 426 g/mol. The topological polar surface area (TPSA) is 169 Å². The molecular weight excluding hydrogens is 400 g/mol. The molecule has 2 unspecified atom stereocenters. The molecule has 11 heteroatoms. The minimum absolute atomic E-state index is 0.0376. The number of anilines is 3. The van der Waals surface area contributed by atoms with E-state index in [2.05, 4.69) is 25.6 Å². The third kappa shape index (κ3) is 5.44. The van der Waals surface area contributed by atoms with E-state index in [9.17, 15) is 14.4 Å². The number of likely N-dealkylation sites (tertiary alicyclic amines) is 1. The zero-order valence-electron chi connectivity index (χ0n) is 17.5. The first-order valence-corrected chi connectivity index (χ1v) is 9.99. The molecule has 1 fully saturated rings. The number of primary amides is 2. The fourth-order valence-electron chi connectivity index (χ4n) is 3.10. The second kappa shape index (κ2) is 9.37. The molecule has 0 spiro atoms. The number of nitrogens with one attached hydrogen (secondary N) is 2. The molecule has 0 aromatic carbocycles. The van der Waals surface area contributed by atoms with E-state index in [0.717, 1.165) is 19.5 Å². The quantitative estimate of drug-likeness (QED) is 0.458. The summed E-state index contributed by atoms with van der Waals surface area (Å²) < 4.78 is 0. The zero-order valence-corrected chi connectivity index (χ0v) is 17.5. The maximum absolute atomic E-state index is 12.2. The number of aromatic nitrogens is 3. The Balaban J connectivity index is 1.74. The molecule has 0 aliphatic carbocycles. The van der Waals surface area contributed by atoms with Crippen LogP contribution in [0.5, 0.6) is 0 Å². The second-order valence-electron chi connectivity index (χ2n) is 7.60. The first kappa shape index (κ1) is 21.9. The summed E-state index contributed by atoms with van der Waals surface area (Å²) >= 11 is 0. The normalized spacial score (nSPS) is 14.8. The van der Waals surface area contributed by atoms with E-state index in [4.69, 9.17) is 11.5 Å². The molecule has 0 radical (unpaired) electrons. The van der Waals surface area contributed by atoms with E-state index in [1.807, 2.05) is 6.92 Å². The van der Waals surface area contributed by atoms with E-state index in [-0.39, 0.29) is 35.3 Å². The van der Waals surface area contributed by atoms with Gasteiger partial charge in [-0.3, -0.25) is 14.4 Å². The van der Waals surface area contributed by atoms with Crippen molar-refractivity contribution in [2.75, 3.05) is 23.7 Å². The molecule has 11 nitrogen and oxygen atoms in total. The number of rotatable bonds is 9. The van der Waals surface area contributed by atoms with E-state index < -0.39 is 5.91 Å². The number of carbonyl (C=O) groups is 3. The molecule has 1 saturated heterocycles. The van der Waals surface area contributed by atoms with Gasteiger partial charge in [-0.15, -0.1) is 0 Å². The number of hydrogen-bond acceptors (Lipinski definition) is 8. The van der Waals surface area contributed by atoms with Crippen molar-refractivity contribution >= 4 is 35.0 Å². The Kier molecular flexibility index (Phi) is 6.63. The second-order valence-corrected chi connectivity index (χ2v) is 7.60. The summed E-state index contributed by atoms with van der Waals surface area (Å²) in [5.41, 5.74) is 11.6. The standard InChI is InChI=1S/C20H26N8O3/c1-11(17(21)29)8-12(2)25-15-10-24-16(18(22)30)19(27-15)26-13-4-5-14(23-9-13)20(31)28-6-3-7-28/h4-5,9-12H,3,6-8H2,1-2H3,(H2,21,29)(H2,22,30)(H2,25,26,27). The fraction of sp³-hybridized carbons (Fsp3) is 0.400. The third-order valence-corrected chi connectivity index (χ3v) is 4.98. The van der Waals surface area contributed by atoms with E-state index in [1.165, 1.54) is 12.4 Å². The summed E-state index contributed by atoms with van der Waals surface area (Å²) in [6.07, 6.45) is 4.39. The van der Waals surface area contributed by atoms with Crippen LogP contribution in [-0.2, 0) is 4.79 Å². The van der Waals surface area contributed by atoms with E-state index in [1.54, 1.807) is 24.0 Å². The van der Waals surface area contributed by atoms with Crippen LogP contribution in [0.3, 0.4) is 0 Å². The summed E-state index contributed by atoms with van der Waals surface area (Å²) in [4.78, 5) is 49.7. The molecule has 0 bridgehead atoms. The van der Waals surface area contributed by atoms with Crippen LogP contribution in [0.1, 0.15) is 47.7 Å².